The topological polar surface area (TPSA) is 110 Å². The molecule has 1 heterocycles. The Morgan fingerprint density at radius 1 is 1.12 bits per heavy atom. The number of halogens is 1. The van der Waals surface area contributed by atoms with Crippen molar-refractivity contribution in [2.45, 2.75) is 6.04 Å². The van der Waals surface area contributed by atoms with Crippen molar-refractivity contribution >= 4 is 39.1 Å². The minimum Gasteiger partial charge on any atom is -0.507 e. The van der Waals surface area contributed by atoms with Gasteiger partial charge in [-0.2, -0.15) is 0 Å². The Morgan fingerprint density at radius 3 is 2.40 bits per heavy atom. The van der Waals surface area contributed by atoms with Crippen LogP contribution in [0.15, 0.2) is 58.6 Å². The summed E-state index contributed by atoms with van der Waals surface area (Å²) in [6.45, 7) is 0. The third kappa shape index (κ3) is 3.03. The molecule has 7 nitrogen and oxygen atoms in total. The predicted molar refractivity (Wildman–Crippen MR) is 92.7 cm³/mol. The summed E-state index contributed by atoms with van der Waals surface area (Å²) in [6.07, 6.45) is 0. The van der Waals surface area contributed by atoms with Crippen LogP contribution in [-0.4, -0.2) is 21.7 Å². The SMILES string of the molecule is O=C1N[C@@H](c2ccccc2[N+](=O)[O-])C(=C(O)c2ccc(Br)cc2)C1=O. The average Bonchev–Trinajstić information content (AvgIpc) is 2.90. The summed E-state index contributed by atoms with van der Waals surface area (Å²) in [7, 11) is 0. The van der Waals surface area contributed by atoms with E-state index in [9.17, 15) is 24.8 Å². The maximum Gasteiger partial charge on any atom is 0.293 e. The molecule has 0 bridgehead atoms. The first-order chi connectivity index (χ1) is 11.9. The number of nitrogens with zero attached hydrogens (tertiary/aromatic N) is 1. The van der Waals surface area contributed by atoms with E-state index >= 15 is 0 Å². The van der Waals surface area contributed by atoms with E-state index in [1.165, 1.54) is 18.2 Å². The maximum absolute atomic E-state index is 12.2. The molecule has 126 valence electrons. The monoisotopic (exact) mass is 402 g/mol. The van der Waals surface area contributed by atoms with Crippen molar-refractivity contribution < 1.29 is 19.6 Å². The Hall–Kier alpha value is -3.00. The van der Waals surface area contributed by atoms with Gasteiger partial charge in [-0.1, -0.05) is 40.2 Å². The van der Waals surface area contributed by atoms with Gasteiger partial charge in [0.2, 0.25) is 0 Å². The minimum atomic E-state index is -1.09. The van der Waals surface area contributed by atoms with Gasteiger partial charge in [-0.3, -0.25) is 19.7 Å². The zero-order valence-corrected chi connectivity index (χ0v) is 14.2. The van der Waals surface area contributed by atoms with Crippen LogP contribution in [0, 0.1) is 10.1 Å². The Morgan fingerprint density at radius 2 is 1.76 bits per heavy atom. The van der Waals surface area contributed by atoms with Crippen molar-refractivity contribution in [1.29, 1.82) is 0 Å². The number of rotatable bonds is 3. The Kier molecular flexibility index (Phi) is 4.37. The van der Waals surface area contributed by atoms with Crippen LogP contribution in [0.1, 0.15) is 17.2 Å². The summed E-state index contributed by atoms with van der Waals surface area (Å²) >= 11 is 3.27. The molecule has 2 N–H and O–H groups in total. The summed E-state index contributed by atoms with van der Waals surface area (Å²) in [5.41, 5.74) is 0.00206. The van der Waals surface area contributed by atoms with E-state index in [4.69, 9.17) is 0 Å². The van der Waals surface area contributed by atoms with E-state index in [-0.39, 0.29) is 22.6 Å². The second-order valence-corrected chi connectivity index (χ2v) is 6.24. The van der Waals surface area contributed by atoms with Gasteiger partial charge in [0.05, 0.1) is 22.1 Å². The number of hydrogen-bond acceptors (Lipinski definition) is 5. The van der Waals surface area contributed by atoms with Gasteiger partial charge in [-0.05, 0) is 18.2 Å². The van der Waals surface area contributed by atoms with Crippen molar-refractivity contribution in [1.82, 2.24) is 5.32 Å². The largest absolute Gasteiger partial charge is 0.507 e. The molecule has 1 fully saturated rings. The summed E-state index contributed by atoms with van der Waals surface area (Å²) in [4.78, 5) is 34.7. The second kappa shape index (κ2) is 6.48. The Balaban J connectivity index is 2.18. The van der Waals surface area contributed by atoms with Gasteiger partial charge in [-0.25, -0.2) is 0 Å². The standard InChI is InChI=1S/C17H11BrN2O5/c18-10-7-5-9(6-8-10)15(21)13-14(19-17(23)16(13)22)11-3-1-2-4-12(11)20(24)25/h1-8,14,21H,(H,19,23)/t14-/m0/s1. The van der Waals surface area contributed by atoms with E-state index < -0.39 is 22.7 Å². The fourth-order valence-corrected chi connectivity index (χ4v) is 2.93. The number of ketones is 1. The number of Topliss-reactive ketones (excluding diaryl/α,β-unsaturated/α-hetero) is 1. The third-order valence-electron chi connectivity index (χ3n) is 3.83. The van der Waals surface area contributed by atoms with Crippen molar-refractivity contribution in [3.05, 3.63) is 79.8 Å². The number of aliphatic hydroxyl groups excluding tert-OH is 1. The molecule has 0 aliphatic carbocycles. The van der Waals surface area contributed by atoms with Gasteiger partial charge >= 0.3 is 0 Å². The van der Waals surface area contributed by atoms with Crippen molar-refractivity contribution in [2.75, 3.05) is 0 Å². The fourth-order valence-electron chi connectivity index (χ4n) is 2.66. The summed E-state index contributed by atoms with van der Waals surface area (Å²) in [6, 6.07) is 11.1. The van der Waals surface area contributed by atoms with Crippen LogP contribution in [0.4, 0.5) is 5.69 Å². The number of hydrogen-bond donors (Lipinski definition) is 2. The van der Waals surface area contributed by atoms with E-state index in [0.29, 0.717) is 5.56 Å². The molecule has 2 aromatic carbocycles. The van der Waals surface area contributed by atoms with Crippen LogP contribution >= 0.6 is 15.9 Å². The molecular weight excluding hydrogens is 392 g/mol. The number of nitro groups is 1. The molecule has 1 aliphatic heterocycles. The molecule has 1 saturated heterocycles. The smallest absolute Gasteiger partial charge is 0.293 e. The highest BCUT2D eigenvalue weighted by atomic mass is 79.9. The quantitative estimate of drug-likeness (QED) is 0.269. The molecule has 0 aromatic heterocycles. The van der Waals surface area contributed by atoms with Gasteiger partial charge in [0.15, 0.2) is 0 Å². The lowest BCUT2D eigenvalue weighted by molar-refractivity contribution is -0.385. The lowest BCUT2D eigenvalue weighted by Gasteiger charge is -2.13. The summed E-state index contributed by atoms with van der Waals surface area (Å²) < 4.78 is 0.774. The number of carbonyl (C=O) groups excluding carboxylic acids is 2. The molecular formula is C17H11BrN2O5. The van der Waals surface area contributed by atoms with Gasteiger partial charge in [0.25, 0.3) is 17.4 Å². The van der Waals surface area contributed by atoms with Crippen molar-refractivity contribution in [2.24, 2.45) is 0 Å². The first-order valence-electron chi connectivity index (χ1n) is 7.17. The molecule has 3 rings (SSSR count). The van der Waals surface area contributed by atoms with E-state index in [1.54, 1.807) is 30.3 Å². The van der Waals surface area contributed by atoms with Crippen LogP contribution in [0.3, 0.4) is 0 Å². The minimum absolute atomic E-state index is 0.130. The van der Waals surface area contributed by atoms with Crippen LogP contribution in [0.5, 0.6) is 0 Å². The molecule has 0 spiro atoms. The third-order valence-corrected chi connectivity index (χ3v) is 4.36. The van der Waals surface area contributed by atoms with Crippen molar-refractivity contribution in [3.8, 4) is 0 Å². The number of benzene rings is 2. The zero-order chi connectivity index (χ0) is 18.1. The van der Waals surface area contributed by atoms with Gasteiger partial charge in [0, 0.05) is 16.1 Å². The molecule has 8 heteroatoms. The molecule has 1 amide bonds. The summed E-state index contributed by atoms with van der Waals surface area (Å²) in [5, 5.41) is 24.2. The van der Waals surface area contributed by atoms with E-state index in [1.807, 2.05) is 0 Å². The highest BCUT2D eigenvalue weighted by molar-refractivity contribution is 9.10. The molecule has 0 unspecified atom stereocenters. The molecule has 1 aliphatic rings. The maximum atomic E-state index is 12.2. The Labute approximate surface area is 150 Å². The lowest BCUT2D eigenvalue weighted by atomic mass is 9.95. The number of nitrogens with one attached hydrogen (secondary N) is 1. The number of para-hydroxylation sites is 1. The number of aliphatic hydroxyl groups is 1. The zero-order valence-electron chi connectivity index (χ0n) is 12.6. The number of carbonyl (C=O) groups is 2. The average molecular weight is 403 g/mol. The molecule has 0 saturated carbocycles. The van der Waals surface area contributed by atoms with E-state index in [2.05, 4.69) is 21.2 Å². The normalized spacial score (nSPS) is 18.8. The highest BCUT2D eigenvalue weighted by Crippen LogP contribution is 2.36. The van der Waals surface area contributed by atoms with Gasteiger partial charge in [0.1, 0.15) is 5.76 Å². The Bertz CT molecular complexity index is 921. The van der Waals surface area contributed by atoms with Gasteiger partial charge < -0.3 is 10.4 Å². The molecule has 2 aromatic rings. The fraction of sp³-hybridized carbons (Fsp3) is 0.0588. The summed E-state index contributed by atoms with van der Waals surface area (Å²) in [5.74, 6) is -2.22. The molecule has 1 atom stereocenters. The highest BCUT2D eigenvalue weighted by Gasteiger charge is 2.42. The first kappa shape index (κ1) is 16.8. The van der Waals surface area contributed by atoms with Crippen LogP contribution < -0.4 is 5.32 Å². The van der Waals surface area contributed by atoms with Crippen LogP contribution in [0.2, 0.25) is 0 Å². The van der Waals surface area contributed by atoms with E-state index in [0.717, 1.165) is 4.47 Å². The second-order valence-electron chi connectivity index (χ2n) is 5.32. The van der Waals surface area contributed by atoms with Crippen molar-refractivity contribution in [3.63, 3.8) is 0 Å². The molecule has 0 radical (unpaired) electrons. The predicted octanol–water partition coefficient (Wildman–Crippen LogP) is 3.07. The number of amides is 1. The lowest BCUT2D eigenvalue weighted by Crippen LogP contribution is -2.21. The van der Waals surface area contributed by atoms with Crippen LogP contribution in [0.25, 0.3) is 5.76 Å². The molecule has 25 heavy (non-hydrogen) atoms. The number of nitro benzene ring substituents is 1. The first-order valence-corrected chi connectivity index (χ1v) is 7.97. The van der Waals surface area contributed by atoms with Crippen LogP contribution in [-0.2, 0) is 9.59 Å². The van der Waals surface area contributed by atoms with Gasteiger partial charge in [-0.15, -0.1) is 0 Å².